The molecule has 4 N–H and O–H groups in total. The lowest BCUT2D eigenvalue weighted by Gasteiger charge is -2.60. The van der Waals surface area contributed by atoms with Crippen LogP contribution in [0.5, 0.6) is 5.75 Å². The highest BCUT2D eigenvalue weighted by Crippen LogP contribution is 2.60. The Morgan fingerprint density at radius 2 is 1.92 bits per heavy atom. The van der Waals surface area contributed by atoms with E-state index < -0.39 is 6.36 Å². The topological polar surface area (TPSA) is 115 Å². The van der Waals surface area contributed by atoms with E-state index in [0.717, 1.165) is 19.3 Å². The van der Waals surface area contributed by atoms with Crippen molar-refractivity contribution in [2.75, 3.05) is 23.8 Å². The summed E-state index contributed by atoms with van der Waals surface area (Å²) in [5.74, 6) is 2.20. The Bertz CT molecular complexity index is 1170. The average Bonchev–Trinajstić information content (AvgIpc) is 2.87. The van der Waals surface area contributed by atoms with Crippen molar-refractivity contribution in [1.29, 1.82) is 5.26 Å². The number of nitriles is 1. The van der Waals surface area contributed by atoms with E-state index in [4.69, 9.17) is 0 Å². The number of aliphatic hydroxyl groups excluding tert-OH is 1. The predicted octanol–water partition coefficient (Wildman–Crippen LogP) is 4.44. The number of para-hydroxylation sites is 1. The van der Waals surface area contributed by atoms with Crippen molar-refractivity contribution in [2.45, 2.75) is 64.0 Å². The summed E-state index contributed by atoms with van der Waals surface area (Å²) < 4.78 is 42.4. The number of hydrogen-bond acceptors (Lipinski definition) is 8. The van der Waals surface area contributed by atoms with E-state index in [1.165, 1.54) is 37.2 Å². The summed E-state index contributed by atoms with van der Waals surface area (Å²) in [7, 11) is 0. The van der Waals surface area contributed by atoms with Crippen LogP contribution in [-0.2, 0) is 6.54 Å². The molecule has 0 saturated heterocycles. The summed E-state index contributed by atoms with van der Waals surface area (Å²) in [6.45, 7) is 2.88. The first kappa shape index (κ1) is 26.5. The molecular formula is C27H33F3N6O2. The Morgan fingerprint density at radius 1 is 1.18 bits per heavy atom. The fourth-order valence-corrected chi connectivity index (χ4v) is 7.07. The number of benzene rings is 1. The van der Waals surface area contributed by atoms with E-state index in [0.29, 0.717) is 47.3 Å². The first-order valence-electron chi connectivity index (χ1n) is 13.1. The van der Waals surface area contributed by atoms with Gasteiger partial charge in [0, 0.05) is 30.7 Å². The molecule has 2 aromatic rings. The molecule has 2 unspecified atom stereocenters. The average molecular weight is 531 g/mol. The highest BCUT2D eigenvalue weighted by molar-refractivity contribution is 5.53. The number of nitrogens with one attached hydrogen (secondary N) is 3. The van der Waals surface area contributed by atoms with Crippen LogP contribution in [0.25, 0.3) is 0 Å². The second-order valence-electron chi connectivity index (χ2n) is 11.2. The van der Waals surface area contributed by atoms with Crippen LogP contribution in [0.15, 0.2) is 30.5 Å². The van der Waals surface area contributed by atoms with Gasteiger partial charge in [0.2, 0.25) is 5.95 Å². The van der Waals surface area contributed by atoms with E-state index in [1.807, 2.05) is 6.92 Å². The molecule has 4 aliphatic rings. The van der Waals surface area contributed by atoms with E-state index in [1.54, 1.807) is 6.07 Å². The molecule has 6 rings (SSSR count). The van der Waals surface area contributed by atoms with Gasteiger partial charge in [0.05, 0.1) is 12.8 Å². The molecule has 1 aromatic heterocycles. The Balaban J connectivity index is 1.25. The zero-order valence-electron chi connectivity index (χ0n) is 21.3. The third-order valence-corrected chi connectivity index (χ3v) is 8.33. The van der Waals surface area contributed by atoms with E-state index in [2.05, 4.69) is 36.7 Å². The van der Waals surface area contributed by atoms with Crippen LogP contribution in [0.1, 0.15) is 50.2 Å². The predicted molar refractivity (Wildman–Crippen MR) is 135 cm³/mol. The summed E-state index contributed by atoms with van der Waals surface area (Å²) in [6.07, 6.45) is 2.42. The Morgan fingerprint density at radius 3 is 2.61 bits per heavy atom. The van der Waals surface area contributed by atoms with Crippen LogP contribution >= 0.6 is 0 Å². The van der Waals surface area contributed by atoms with Gasteiger partial charge in [0.15, 0.2) is 0 Å². The van der Waals surface area contributed by atoms with Crippen LogP contribution in [0.2, 0.25) is 0 Å². The van der Waals surface area contributed by atoms with E-state index in [-0.39, 0.29) is 36.3 Å². The van der Waals surface area contributed by atoms with Gasteiger partial charge in [-0.1, -0.05) is 18.2 Å². The minimum absolute atomic E-state index is 0.0211. The fraction of sp³-hybridized carbons (Fsp3) is 0.593. The molecule has 38 heavy (non-hydrogen) atoms. The number of halogens is 3. The van der Waals surface area contributed by atoms with Crippen molar-refractivity contribution in [3.05, 3.63) is 41.6 Å². The first-order chi connectivity index (χ1) is 18.2. The lowest BCUT2D eigenvalue weighted by Crippen LogP contribution is -2.61. The highest BCUT2D eigenvalue weighted by atomic mass is 19.4. The quantitative estimate of drug-likeness (QED) is 0.357. The van der Waals surface area contributed by atoms with Crippen LogP contribution < -0.4 is 20.7 Å². The zero-order valence-corrected chi connectivity index (χ0v) is 21.3. The Hall–Kier alpha value is -3.10. The fourth-order valence-electron chi connectivity index (χ4n) is 7.07. The van der Waals surface area contributed by atoms with Gasteiger partial charge in [-0.25, -0.2) is 4.98 Å². The van der Waals surface area contributed by atoms with E-state index in [9.17, 15) is 23.5 Å². The number of alkyl halides is 3. The maximum absolute atomic E-state index is 12.7. The second kappa shape index (κ2) is 10.6. The van der Waals surface area contributed by atoms with Crippen LogP contribution in [0.3, 0.4) is 0 Å². The van der Waals surface area contributed by atoms with Crippen molar-refractivity contribution in [1.82, 2.24) is 15.3 Å². The summed E-state index contributed by atoms with van der Waals surface area (Å²) in [4.78, 5) is 8.66. The Kier molecular flexibility index (Phi) is 7.38. The van der Waals surface area contributed by atoms with E-state index >= 15 is 0 Å². The second-order valence-corrected chi connectivity index (χ2v) is 11.2. The monoisotopic (exact) mass is 530 g/mol. The standard InChI is InChI=1S/C27H33F3N6O2/c1-16(14-37)35-23-19-6-17-7-20(23)10-26(8-17,9-19)15-34-24-21(11-31)13-33-25(36-24)32-12-18-4-2-3-5-22(18)38-27(28,29)30/h2-5,13,16-17,19-20,23,35,37H,6-10,12,14-15H2,1H3,(H2,32,33,34,36)/t16?,17?,19-,20+,23-,26+. The molecular weight excluding hydrogens is 497 g/mol. The molecule has 4 aliphatic carbocycles. The smallest absolute Gasteiger partial charge is 0.405 e. The number of hydrogen-bond donors (Lipinski definition) is 4. The van der Waals surface area contributed by atoms with Crippen molar-refractivity contribution in [3.63, 3.8) is 0 Å². The third kappa shape index (κ3) is 5.81. The minimum Gasteiger partial charge on any atom is -0.405 e. The maximum atomic E-state index is 12.7. The van der Waals surface area contributed by atoms with Crippen molar-refractivity contribution in [2.24, 2.45) is 23.2 Å². The van der Waals surface area contributed by atoms with Gasteiger partial charge in [-0.15, -0.1) is 13.2 Å². The minimum atomic E-state index is -4.79. The van der Waals surface area contributed by atoms with Crippen LogP contribution in [0, 0.1) is 34.5 Å². The lowest BCUT2D eigenvalue weighted by atomic mass is 9.48. The number of anilines is 2. The molecule has 6 atom stereocenters. The van der Waals surface area contributed by atoms with Gasteiger partial charge < -0.3 is 25.8 Å². The third-order valence-electron chi connectivity index (χ3n) is 8.33. The Labute approximate surface area is 220 Å². The highest BCUT2D eigenvalue weighted by Gasteiger charge is 2.55. The van der Waals surface area contributed by atoms with Gasteiger partial charge >= 0.3 is 6.36 Å². The van der Waals surface area contributed by atoms with Crippen molar-refractivity contribution < 1.29 is 23.0 Å². The molecule has 204 valence electrons. The summed E-state index contributed by atoms with van der Waals surface area (Å²) in [5.41, 5.74) is 0.757. The van der Waals surface area contributed by atoms with Gasteiger partial charge in [-0.05, 0) is 68.3 Å². The van der Waals surface area contributed by atoms with Gasteiger partial charge in [-0.2, -0.15) is 10.2 Å². The number of aliphatic hydroxyl groups is 1. The molecule has 0 amide bonds. The van der Waals surface area contributed by atoms with Crippen molar-refractivity contribution in [3.8, 4) is 11.8 Å². The molecule has 1 aromatic carbocycles. The van der Waals surface area contributed by atoms with Crippen LogP contribution in [0.4, 0.5) is 24.9 Å². The van der Waals surface area contributed by atoms with Gasteiger partial charge in [-0.3, -0.25) is 0 Å². The maximum Gasteiger partial charge on any atom is 0.573 e. The number of ether oxygens (including phenoxy) is 1. The molecule has 0 radical (unpaired) electrons. The summed E-state index contributed by atoms with van der Waals surface area (Å²) in [6, 6.07) is 8.55. The molecule has 4 saturated carbocycles. The summed E-state index contributed by atoms with van der Waals surface area (Å²) in [5, 5.41) is 29.2. The number of nitrogens with zero attached hydrogens (tertiary/aromatic N) is 3. The zero-order chi connectivity index (χ0) is 26.9. The first-order valence-corrected chi connectivity index (χ1v) is 13.1. The normalized spacial score (nSPS) is 28.5. The lowest BCUT2D eigenvalue weighted by molar-refractivity contribution is -0.274. The molecule has 4 bridgehead atoms. The van der Waals surface area contributed by atoms with Gasteiger partial charge in [0.1, 0.15) is 23.2 Å². The molecule has 8 nitrogen and oxygen atoms in total. The number of rotatable bonds is 10. The SMILES string of the molecule is CC(CO)N[C@@H]1[C@@H]2CC3C[C@H]1C[C@](CNc1nc(NCc4ccccc4OC(F)(F)F)ncc1C#N)(C3)C2. The molecule has 1 heterocycles. The van der Waals surface area contributed by atoms with Crippen molar-refractivity contribution >= 4 is 11.8 Å². The largest absolute Gasteiger partial charge is 0.573 e. The summed E-state index contributed by atoms with van der Waals surface area (Å²) >= 11 is 0. The molecule has 11 heteroatoms. The molecule has 0 aliphatic heterocycles. The van der Waals surface area contributed by atoms with Crippen LogP contribution in [-0.4, -0.2) is 46.7 Å². The van der Waals surface area contributed by atoms with Gasteiger partial charge in [0.25, 0.3) is 0 Å². The molecule has 4 fully saturated rings. The molecule has 0 spiro atoms. The number of aromatic nitrogens is 2.